The summed E-state index contributed by atoms with van der Waals surface area (Å²) in [7, 11) is 0. The van der Waals surface area contributed by atoms with Crippen LogP contribution in [0.4, 0.5) is 0 Å². The predicted octanol–water partition coefficient (Wildman–Crippen LogP) is 1.97. The van der Waals surface area contributed by atoms with Gasteiger partial charge in [-0.1, -0.05) is 37.3 Å². The SMILES string of the molecule is CCCOC1CCCN(C(=O)[C@@H](N)Cc2ccccc2)C1. The maximum absolute atomic E-state index is 12.5. The molecule has 0 saturated carbocycles. The minimum Gasteiger partial charge on any atom is -0.376 e. The first kappa shape index (κ1) is 16.0. The molecule has 1 aromatic carbocycles. The largest absolute Gasteiger partial charge is 0.376 e. The van der Waals surface area contributed by atoms with Gasteiger partial charge in [0.05, 0.1) is 12.1 Å². The third-order valence-corrected chi connectivity index (χ3v) is 3.86. The number of rotatable bonds is 6. The molecule has 0 aromatic heterocycles. The van der Waals surface area contributed by atoms with Crippen LogP contribution in [0, 0.1) is 0 Å². The van der Waals surface area contributed by atoms with Crippen molar-refractivity contribution in [1.29, 1.82) is 0 Å². The lowest BCUT2D eigenvalue weighted by atomic mass is 10.0. The van der Waals surface area contributed by atoms with Crippen LogP contribution < -0.4 is 5.73 Å². The standard InChI is InChI=1S/C17H26N2O2/c1-2-11-21-15-9-6-10-19(13-15)17(20)16(18)12-14-7-4-3-5-8-14/h3-5,7-8,15-16H,2,6,9-13,18H2,1H3/t15?,16-/m0/s1. The molecular weight excluding hydrogens is 264 g/mol. The van der Waals surface area contributed by atoms with Gasteiger partial charge in [-0.25, -0.2) is 0 Å². The topological polar surface area (TPSA) is 55.6 Å². The Hall–Kier alpha value is -1.39. The number of ether oxygens (including phenoxy) is 1. The number of nitrogens with zero attached hydrogens (tertiary/aromatic N) is 1. The van der Waals surface area contributed by atoms with Gasteiger partial charge in [0.25, 0.3) is 0 Å². The molecule has 116 valence electrons. The van der Waals surface area contributed by atoms with Crippen LogP contribution in [0.1, 0.15) is 31.7 Å². The molecule has 1 aliphatic heterocycles. The zero-order valence-corrected chi connectivity index (χ0v) is 12.8. The fourth-order valence-corrected chi connectivity index (χ4v) is 2.75. The molecule has 0 radical (unpaired) electrons. The Balaban J connectivity index is 1.86. The van der Waals surface area contributed by atoms with Gasteiger partial charge in [-0.3, -0.25) is 4.79 Å². The van der Waals surface area contributed by atoms with E-state index in [0.29, 0.717) is 13.0 Å². The molecule has 1 fully saturated rings. The van der Waals surface area contributed by atoms with E-state index in [9.17, 15) is 4.79 Å². The molecule has 1 aromatic rings. The molecule has 1 amide bonds. The Kier molecular flexibility index (Phi) is 6.21. The van der Waals surface area contributed by atoms with Gasteiger partial charge in [0.2, 0.25) is 5.91 Å². The Labute approximate surface area is 127 Å². The highest BCUT2D eigenvalue weighted by Gasteiger charge is 2.27. The van der Waals surface area contributed by atoms with Crippen LogP contribution in [0.15, 0.2) is 30.3 Å². The van der Waals surface area contributed by atoms with Gasteiger partial charge in [0.15, 0.2) is 0 Å². The minimum absolute atomic E-state index is 0.0450. The minimum atomic E-state index is -0.461. The van der Waals surface area contributed by atoms with E-state index in [4.69, 9.17) is 10.5 Å². The molecule has 2 atom stereocenters. The number of hydrogen-bond donors (Lipinski definition) is 1. The first-order valence-electron chi connectivity index (χ1n) is 7.90. The molecule has 2 N–H and O–H groups in total. The van der Waals surface area contributed by atoms with Crippen molar-refractivity contribution < 1.29 is 9.53 Å². The number of carbonyl (C=O) groups is 1. The van der Waals surface area contributed by atoms with E-state index >= 15 is 0 Å². The van der Waals surface area contributed by atoms with Crippen LogP contribution >= 0.6 is 0 Å². The van der Waals surface area contributed by atoms with E-state index < -0.39 is 6.04 Å². The molecule has 1 unspecified atom stereocenters. The fraction of sp³-hybridized carbons (Fsp3) is 0.588. The summed E-state index contributed by atoms with van der Waals surface area (Å²) >= 11 is 0. The maximum Gasteiger partial charge on any atom is 0.239 e. The first-order chi connectivity index (χ1) is 10.2. The summed E-state index contributed by atoms with van der Waals surface area (Å²) in [5.41, 5.74) is 7.20. The van der Waals surface area contributed by atoms with Gasteiger partial charge < -0.3 is 15.4 Å². The highest BCUT2D eigenvalue weighted by molar-refractivity contribution is 5.82. The van der Waals surface area contributed by atoms with E-state index in [1.807, 2.05) is 35.2 Å². The van der Waals surface area contributed by atoms with Crippen LogP contribution in [0.5, 0.6) is 0 Å². The van der Waals surface area contributed by atoms with Crippen LogP contribution in [0.2, 0.25) is 0 Å². The summed E-state index contributed by atoms with van der Waals surface area (Å²) < 4.78 is 5.78. The number of nitrogens with two attached hydrogens (primary N) is 1. The van der Waals surface area contributed by atoms with Gasteiger partial charge in [-0.15, -0.1) is 0 Å². The Morgan fingerprint density at radius 2 is 2.19 bits per heavy atom. The normalized spacial score (nSPS) is 20.3. The molecule has 0 aliphatic carbocycles. The number of hydrogen-bond acceptors (Lipinski definition) is 3. The molecule has 1 saturated heterocycles. The molecule has 1 aliphatic rings. The Morgan fingerprint density at radius 1 is 1.43 bits per heavy atom. The number of likely N-dealkylation sites (tertiary alicyclic amines) is 1. The second kappa shape index (κ2) is 8.15. The summed E-state index contributed by atoms with van der Waals surface area (Å²) in [6.07, 6.45) is 3.82. The number of carbonyl (C=O) groups excluding carboxylic acids is 1. The Bertz CT molecular complexity index is 436. The number of amides is 1. The molecule has 0 spiro atoms. The number of piperidine rings is 1. The van der Waals surface area contributed by atoms with Crippen LogP contribution in [0.3, 0.4) is 0 Å². The van der Waals surface area contributed by atoms with Gasteiger partial charge in [0, 0.05) is 19.7 Å². The predicted molar refractivity (Wildman–Crippen MR) is 84.0 cm³/mol. The van der Waals surface area contributed by atoms with Crippen molar-refractivity contribution in [2.24, 2.45) is 5.73 Å². The lowest BCUT2D eigenvalue weighted by Gasteiger charge is -2.34. The van der Waals surface area contributed by atoms with E-state index in [-0.39, 0.29) is 12.0 Å². The van der Waals surface area contributed by atoms with Crippen molar-refractivity contribution in [2.45, 2.75) is 44.8 Å². The summed E-state index contributed by atoms with van der Waals surface area (Å²) in [4.78, 5) is 14.3. The maximum atomic E-state index is 12.5. The third-order valence-electron chi connectivity index (χ3n) is 3.86. The van der Waals surface area contributed by atoms with E-state index in [0.717, 1.165) is 38.0 Å². The molecular formula is C17H26N2O2. The molecule has 4 heteroatoms. The van der Waals surface area contributed by atoms with Crippen LogP contribution in [-0.4, -0.2) is 42.6 Å². The first-order valence-corrected chi connectivity index (χ1v) is 7.90. The van der Waals surface area contributed by atoms with E-state index in [2.05, 4.69) is 6.92 Å². The van der Waals surface area contributed by atoms with Gasteiger partial charge in [-0.2, -0.15) is 0 Å². The zero-order valence-electron chi connectivity index (χ0n) is 12.8. The fourth-order valence-electron chi connectivity index (χ4n) is 2.75. The zero-order chi connectivity index (χ0) is 15.1. The molecule has 2 rings (SSSR count). The molecule has 0 bridgehead atoms. The molecule has 1 heterocycles. The van der Waals surface area contributed by atoms with E-state index in [1.165, 1.54) is 0 Å². The molecule has 4 nitrogen and oxygen atoms in total. The quantitative estimate of drug-likeness (QED) is 0.871. The van der Waals surface area contributed by atoms with Gasteiger partial charge in [-0.05, 0) is 31.2 Å². The highest BCUT2D eigenvalue weighted by Crippen LogP contribution is 2.15. The van der Waals surface area contributed by atoms with Crippen molar-refractivity contribution in [2.75, 3.05) is 19.7 Å². The van der Waals surface area contributed by atoms with Crippen molar-refractivity contribution in [3.05, 3.63) is 35.9 Å². The van der Waals surface area contributed by atoms with Gasteiger partial charge in [0.1, 0.15) is 0 Å². The average molecular weight is 290 g/mol. The summed E-state index contributed by atoms with van der Waals surface area (Å²) in [5, 5.41) is 0. The lowest BCUT2D eigenvalue weighted by Crippen LogP contribution is -2.50. The van der Waals surface area contributed by atoms with Gasteiger partial charge >= 0.3 is 0 Å². The smallest absolute Gasteiger partial charge is 0.239 e. The second-order valence-electron chi connectivity index (χ2n) is 5.72. The highest BCUT2D eigenvalue weighted by atomic mass is 16.5. The van der Waals surface area contributed by atoms with Crippen LogP contribution in [-0.2, 0) is 16.0 Å². The van der Waals surface area contributed by atoms with Crippen molar-refractivity contribution in [3.8, 4) is 0 Å². The van der Waals surface area contributed by atoms with E-state index in [1.54, 1.807) is 0 Å². The van der Waals surface area contributed by atoms with Crippen molar-refractivity contribution in [1.82, 2.24) is 4.90 Å². The van der Waals surface area contributed by atoms with Crippen molar-refractivity contribution in [3.63, 3.8) is 0 Å². The molecule has 21 heavy (non-hydrogen) atoms. The third kappa shape index (κ3) is 4.83. The van der Waals surface area contributed by atoms with Crippen LogP contribution in [0.25, 0.3) is 0 Å². The average Bonchev–Trinajstić information content (AvgIpc) is 2.53. The summed E-state index contributed by atoms with van der Waals surface area (Å²) in [6, 6.07) is 9.48. The summed E-state index contributed by atoms with van der Waals surface area (Å²) in [5.74, 6) is 0.0450. The second-order valence-corrected chi connectivity index (χ2v) is 5.72. The Morgan fingerprint density at radius 3 is 2.90 bits per heavy atom. The lowest BCUT2D eigenvalue weighted by molar-refractivity contribution is -0.136. The van der Waals surface area contributed by atoms with Crippen molar-refractivity contribution >= 4 is 5.91 Å². The monoisotopic (exact) mass is 290 g/mol. The number of benzene rings is 1. The summed E-state index contributed by atoms with van der Waals surface area (Å²) in [6.45, 7) is 4.35.